The number of nitrogens with one attached hydrogen (secondary N) is 1. The third-order valence-electron chi connectivity index (χ3n) is 5.28. The van der Waals surface area contributed by atoms with Gasteiger partial charge in [-0.2, -0.15) is 0 Å². The number of nitro groups is 1. The lowest BCUT2D eigenvalue weighted by atomic mass is 10.1. The number of Topliss-reactive ketones (excluding diaryl/α,β-unsaturated/α-hetero) is 1. The molecule has 184 valence electrons. The fraction of sp³-hybridized carbons (Fsp3) is 0.292. The van der Waals surface area contributed by atoms with Crippen molar-refractivity contribution in [1.82, 2.24) is 14.7 Å². The Balaban J connectivity index is 1.96. The lowest BCUT2D eigenvalue weighted by molar-refractivity contribution is -0.384. The Morgan fingerprint density at radius 3 is 2.34 bits per heavy atom. The van der Waals surface area contributed by atoms with Gasteiger partial charge in [0.25, 0.3) is 17.2 Å². The predicted octanol–water partition coefficient (Wildman–Crippen LogP) is 4.92. The predicted molar refractivity (Wildman–Crippen MR) is 134 cm³/mol. The number of ketones is 1. The number of aromatic nitrogens is 2. The van der Waals surface area contributed by atoms with Crippen molar-refractivity contribution < 1.29 is 14.5 Å². The Labute approximate surface area is 211 Å². The van der Waals surface area contributed by atoms with Gasteiger partial charge in [0.05, 0.1) is 27.7 Å². The van der Waals surface area contributed by atoms with E-state index in [1.165, 1.54) is 21.7 Å². The van der Waals surface area contributed by atoms with Crippen LogP contribution in [0.2, 0.25) is 10.0 Å². The second-order valence-electron chi connectivity index (χ2n) is 8.36. The number of H-pyrrole nitrogens is 1. The Hall–Kier alpha value is -3.43. The zero-order chi connectivity index (χ0) is 25.9. The van der Waals surface area contributed by atoms with Crippen LogP contribution in [0.3, 0.4) is 0 Å². The Bertz CT molecular complexity index is 1330. The van der Waals surface area contributed by atoms with Crippen molar-refractivity contribution in [2.45, 2.75) is 27.2 Å². The van der Waals surface area contributed by atoms with E-state index in [-0.39, 0.29) is 40.8 Å². The van der Waals surface area contributed by atoms with E-state index in [4.69, 9.17) is 23.2 Å². The molecule has 0 spiro atoms. The molecule has 1 N–H and O–H groups in total. The van der Waals surface area contributed by atoms with Crippen molar-refractivity contribution in [1.29, 1.82) is 0 Å². The maximum absolute atomic E-state index is 13.3. The van der Waals surface area contributed by atoms with Crippen molar-refractivity contribution in [3.63, 3.8) is 0 Å². The highest BCUT2D eigenvalue weighted by Gasteiger charge is 2.27. The number of nitrogens with zero attached hydrogens (tertiary/aromatic N) is 3. The van der Waals surface area contributed by atoms with Gasteiger partial charge in [0.15, 0.2) is 5.78 Å². The van der Waals surface area contributed by atoms with Gasteiger partial charge in [0.1, 0.15) is 5.56 Å². The molecule has 3 rings (SSSR count). The number of rotatable bonds is 9. The van der Waals surface area contributed by atoms with Gasteiger partial charge in [-0.25, -0.2) is 4.68 Å². The van der Waals surface area contributed by atoms with Gasteiger partial charge in [0, 0.05) is 29.4 Å². The van der Waals surface area contributed by atoms with E-state index >= 15 is 0 Å². The number of amides is 1. The highest BCUT2D eigenvalue weighted by atomic mass is 35.5. The first-order valence-corrected chi connectivity index (χ1v) is 11.6. The number of benzene rings is 2. The molecule has 35 heavy (non-hydrogen) atoms. The number of halogens is 2. The van der Waals surface area contributed by atoms with Crippen LogP contribution in [-0.2, 0) is 6.42 Å². The lowest BCUT2D eigenvalue weighted by Gasteiger charge is -2.24. The molecule has 1 heterocycles. The summed E-state index contributed by atoms with van der Waals surface area (Å²) in [5.74, 6) is -1.08. The average molecular weight is 519 g/mol. The summed E-state index contributed by atoms with van der Waals surface area (Å²) in [5, 5.41) is 14.4. The van der Waals surface area contributed by atoms with Crippen molar-refractivity contribution in [2.75, 3.05) is 13.1 Å². The fourth-order valence-corrected chi connectivity index (χ4v) is 4.05. The van der Waals surface area contributed by atoms with E-state index in [0.717, 1.165) is 6.07 Å². The molecule has 1 amide bonds. The van der Waals surface area contributed by atoms with Crippen molar-refractivity contribution in [2.24, 2.45) is 5.92 Å². The summed E-state index contributed by atoms with van der Waals surface area (Å²) in [6, 6.07) is 10.1. The number of hydrogen-bond donors (Lipinski definition) is 1. The van der Waals surface area contributed by atoms with Crippen LogP contribution in [0.25, 0.3) is 5.69 Å². The van der Waals surface area contributed by atoms with Crippen LogP contribution in [0.1, 0.15) is 47.2 Å². The average Bonchev–Trinajstić information content (AvgIpc) is 3.14. The molecule has 0 unspecified atom stereocenters. The standard InChI is InChI=1S/C24H24Cl2N4O5/c1-4-20-22(24(33)29(27-20)16-7-5-15(25)6-8-16)21(31)13-28(12-14(2)3)23(32)18-10-9-17(30(34)35)11-19(18)26/h5-11,14,27H,4,12-13H2,1-3H3. The first-order valence-electron chi connectivity index (χ1n) is 10.9. The third-order valence-corrected chi connectivity index (χ3v) is 5.85. The van der Waals surface area contributed by atoms with Crippen molar-refractivity contribution in [3.05, 3.63) is 89.8 Å². The third kappa shape index (κ3) is 5.80. The number of hydrogen-bond acceptors (Lipinski definition) is 5. The van der Waals surface area contributed by atoms with Crippen LogP contribution in [0, 0.1) is 16.0 Å². The maximum Gasteiger partial charge on any atom is 0.282 e. The van der Waals surface area contributed by atoms with E-state index in [2.05, 4.69) is 5.10 Å². The highest BCUT2D eigenvalue weighted by molar-refractivity contribution is 6.34. The van der Waals surface area contributed by atoms with E-state index in [1.807, 2.05) is 20.8 Å². The van der Waals surface area contributed by atoms with Gasteiger partial charge in [-0.05, 0) is 42.7 Å². The topological polar surface area (TPSA) is 118 Å². The van der Waals surface area contributed by atoms with Crippen LogP contribution in [0.5, 0.6) is 0 Å². The molecule has 0 saturated heterocycles. The van der Waals surface area contributed by atoms with Crippen molar-refractivity contribution in [3.8, 4) is 5.69 Å². The number of aryl methyl sites for hydroxylation is 1. The van der Waals surface area contributed by atoms with Gasteiger partial charge in [-0.3, -0.25) is 29.6 Å². The number of aromatic amines is 1. The second-order valence-corrected chi connectivity index (χ2v) is 9.20. The Morgan fingerprint density at radius 1 is 1.14 bits per heavy atom. The van der Waals surface area contributed by atoms with Crippen LogP contribution in [0.15, 0.2) is 47.3 Å². The normalized spacial score (nSPS) is 11.0. The Morgan fingerprint density at radius 2 is 1.80 bits per heavy atom. The first-order chi connectivity index (χ1) is 16.5. The molecule has 11 heteroatoms. The van der Waals surface area contributed by atoms with Crippen LogP contribution < -0.4 is 5.56 Å². The molecule has 0 aliphatic heterocycles. The summed E-state index contributed by atoms with van der Waals surface area (Å²) in [6.07, 6.45) is 0.392. The molecule has 0 atom stereocenters. The van der Waals surface area contributed by atoms with E-state index < -0.39 is 22.2 Å². The molecule has 0 aliphatic carbocycles. The zero-order valence-corrected chi connectivity index (χ0v) is 20.9. The molecule has 0 aliphatic rings. The number of non-ortho nitro benzene ring substituents is 1. The van der Waals surface area contributed by atoms with E-state index in [0.29, 0.717) is 22.8 Å². The zero-order valence-electron chi connectivity index (χ0n) is 19.4. The number of nitro benzene ring substituents is 1. The molecule has 0 bridgehead atoms. The summed E-state index contributed by atoms with van der Waals surface area (Å²) in [6.45, 7) is 5.43. The smallest absolute Gasteiger partial charge is 0.282 e. The molecule has 9 nitrogen and oxygen atoms in total. The number of carbonyl (C=O) groups is 2. The molecule has 0 saturated carbocycles. The van der Waals surface area contributed by atoms with Gasteiger partial charge < -0.3 is 4.90 Å². The molecule has 1 aromatic heterocycles. The van der Waals surface area contributed by atoms with Gasteiger partial charge in [-0.15, -0.1) is 0 Å². The lowest BCUT2D eigenvalue weighted by Crippen LogP contribution is -2.39. The second kappa shape index (κ2) is 10.9. The van der Waals surface area contributed by atoms with Crippen LogP contribution >= 0.6 is 23.2 Å². The molecular weight excluding hydrogens is 495 g/mol. The monoisotopic (exact) mass is 518 g/mol. The first kappa shape index (κ1) is 26.2. The Kier molecular flexibility index (Phi) is 8.14. The summed E-state index contributed by atoms with van der Waals surface area (Å²) in [5.41, 5.74) is 0.189. The van der Waals surface area contributed by atoms with Gasteiger partial charge in [0.2, 0.25) is 0 Å². The van der Waals surface area contributed by atoms with E-state index in [1.54, 1.807) is 24.3 Å². The summed E-state index contributed by atoms with van der Waals surface area (Å²) in [4.78, 5) is 51.4. The minimum atomic E-state index is -0.612. The summed E-state index contributed by atoms with van der Waals surface area (Å²) >= 11 is 12.1. The SMILES string of the molecule is CCc1[nH]n(-c2ccc(Cl)cc2)c(=O)c1C(=O)CN(CC(C)C)C(=O)c1ccc([N+](=O)[O-])cc1Cl. The molecular formula is C24H24Cl2N4O5. The largest absolute Gasteiger partial charge is 0.331 e. The molecule has 0 fully saturated rings. The fourth-order valence-electron chi connectivity index (χ4n) is 3.67. The molecule has 2 aromatic carbocycles. The van der Waals surface area contributed by atoms with Crippen LogP contribution in [0.4, 0.5) is 5.69 Å². The quantitative estimate of drug-likeness (QED) is 0.245. The number of carbonyl (C=O) groups excluding carboxylic acids is 2. The molecule has 3 aromatic rings. The highest BCUT2D eigenvalue weighted by Crippen LogP contribution is 2.24. The summed E-state index contributed by atoms with van der Waals surface area (Å²) < 4.78 is 1.27. The molecule has 0 radical (unpaired) electrons. The van der Waals surface area contributed by atoms with Gasteiger partial charge in [-0.1, -0.05) is 44.0 Å². The summed E-state index contributed by atoms with van der Waals surface area (Å²) in [7, 11) is 0. The minimum absolute atomic E-state index is 0.00571. The van der Waals surface area contributed by atoms with Gasteiger partial charge >= 0.3 is 0 Å². The van der Waals surface area contributed by atoms with Crippen molar-refractivity contribution >= 4 is 40.6 Å². The minimum Gasteiger partial charge on any atom is -0.331 e. The van der Waals surface area contributed by atoms with Crippen LogP contribution in [-0.4, -0.2) is 44.4 Å². The maximum atomic E-state index is 13.3. The van der Waals surface area contributed by atoms with E-state index in [9.17, 15) is 24.5 Å².